The Morgan fingerprint density at radius 1 is 1.33 bits per heavy atom. The van der Waals surface area contributed by atoms with Gasteiger partial charge in [0.2, 0.25) is 0 Å². The third kappa shape index (κ3) is 3.14. The number of hydrogen-bond donors (Lipinski definition) is 1. The predicted octanol–water partition coefficient (Wildman–Crippen LogP) is 4.18. The minimum absolute atomic E-state index is 0.123. The highest BCUT2D eigenvalue weighted by molar-refractivity contribution is 5.80. The fourth-order valence-corrected chi connectivity index (χ4v) is 3.64. The summed E-state index contributed by atoms with van der Waals surface area (Å²) in [7, 11) is 0. The normalized spacial score (nSPS) is 23.7. The number of nitrogens with zero attached hydrogens (tertiary/aromatic N) is 2. The van der Waals surface area contributed by atoms with Crippen molar-refractivity contribution in [2.75, 3.05) is 18.0 Å². The molecule has 1 aromatic rings. The molecular weight excluding hydrogens is 298 g/mol. The number of aromatic nitrogens is 1. The number of nitriles is 1. The molecule has 1 aromatic heterocycles. The Kier molecular flexibility index (Phi) is 4.82. The summed E-state index contributed by atoms with van der Waals surface area (Å²) >= 11 is 0. The van der Waals surface area contributed by atoms with Gasteiger partial charge in [-0.25, -0.2) is 0 Å². The summed E-state index contributed by atoms with van der Waals surface area (Å²) in [6, 6.07) is 2.40. The van der Waals surface area contributed by atoms with Crippen molar-refractivity contribution in [3.8, 4) is 6.07 Å². The van der Waals surface area contributed by atoms with Crippen LogP contribution in [0.5, 0.6) is 0 Å². The maximum Gasteiger partial charge on any atom is 0.124 e. The van der Waals surface area contributed by atoms with Crippen LogP contribution in [0.4, 0.5) is 5.82 Å². The summed E-state index contributed by atoms with van der Waals surface area (Å²) in [4.78, 5) is 5.83. The van der Waals surface area contributed by atoms with E-state index in [1.165, 1.54) is 12.8 Å². The van der Waals surface area contributed by atoms with E-state index in [2.05, 4.69) is 55.0 Å². The molecule has 1 aliphatic carbocycles. The van der Waals surface area contributed by atoms with E-state index in [0.717, 1.165) is 41.3 Å². The first-order valence-corrected chi connectivity index (χ1v) is 8.94. The second-order valence-electron chi connectivity index (χ2n) is 7.14. The second-order valence-corrected chi connectivity index (χ2v) is 7.14. The van der Waals surface area contributed by atoms with Crippen LogP contribution in [-0.2, 0) is 4.74 Å². The van der Waals surface area contributed by atoms with E-state index in [-0.39, 0.29) is 12.2 Å². The highest BCUT2D eigenvalue weighted by Gasteiger charge is 2.25. The van der Waals surface area contributed by atoms with Crippen molar-refractivity contribution >= 4 is 11.4 Å². The molecule has 2 heterocycles. The molecule has 4 heteroatoms. The van der Waals surface area contributed by atoms with E-state index in [9.17, 15) is 5.26 Å². The van der Waals surface area contributed by atoms with Crippen LogP contribution in [0.1, 0.15) is 50.4 Å². The van der Waals surface area contributed by atoms with Crippen molar-refractivity contribution in [3.05, 3.63) is 35.0 Å². The van der Waals surface area contributed by atoms with Gasteiger partial charge in [0.15, 0.2) is 0 Å². The topological polar surface area (TPSA) is 52.0 Å². The Hall–Kier alpha value is -1.99. The average Bonchev–Trinajstić information content (AvgIpc) is 3.16. The summed E-state index contributed by atoms with van der Waals surface area (Å²) < 4.78 is 5.95. The summed E-state index contributed by atoms with van der Waals surface area (Å²) in [6.45, 7) is 10.4. The van der Waals surface area contributed by atoms with Crippen molar-refractivity contribution in [2.24, 2.45) is 5.92 Å². The highest BCUT2D eigenvalue weighted by atomic mass is 16.5. The van der Waals surface area contributed by atoms with Gasteiger partial charge in [-0.15, -0.1) is 0 Å². The molecule has 2 atom stereocenters. The number of H-pyrrole nitrogens is 1. The van der Waals surface area contributed by atoms with Crippen molar-refractivity contribution in [1.82, 2.24) is 4.98 Å². The van der Waals surface area contributed by atoms with E-state index in [1.54, 1.807) is 0 Å². The van der Waals surface area contributed by atoms with Crippen molar-refractivity contribution < 1.29 is 4.74 Å². The molecule has 0 spiro atoms. The number of nitrogens with one attached hydrogen (secondary N) is 1. The molecule has 2 unspecified atom stereocenters. The van der Waals surface area contributed by atoms with Crippen LogP contribution in [0.2, 0.25) is 0 Å². The lowest BCUT2D eigenvalue weighted by Gasteiger charge is -2.25. The number of hydrogen-bond acceptors (Lipinski definition) is 3. The van der Waals surface area contributed by atoms with Gasteiger partial charge < -0.3 is 14.6 Å². The first-order chi connectivity index (χ1) is 11.5. The van der Waals surface area contributed by atoms with Gasteiger partial charge in [0.25, 0.3) is 0 Å². The van der Waals surface area contributed by atoms with Crippen molar-refractivity contribution in [3.63, 3.8) is 0 Å². The van der Waals surface area contributed by atoms with E-state index in [0.29, 0.717) is 5.92 Å². The number of allylic oxidation sites excluding steroid dienone is 2. The zero-order chi connectivity index (χ0) is 17.3. The standard InChI is InChI=1S/C20H27N3O/c1-13(2)24-18-8-7-16(11-14(18)3)19-15(4)17(12-21)20(22-19)23-9-5-6-10-23/h7-8,11,13-14,18,22H,5-6,9-10H2,1-4H3. The lowest BCUT2D eigenvalue weighted by Crippen LogP contribution is -2.24. The first kappa shape index (κ1) is 16.9. The lowest BCUT2D eigenvalue weighted by atomic mass is 9.92. The highest BCUT2D eigenvalue weighted by Crippen LogP contribution is 2.34. The fraction of sp³-hybridized carbons (Fsp3) is 0.550. The van der Waals surface area contributed by atoms with Crippen LogP contribution in [0, 0.1) is 24.2 Å². The molecule has 128 valence electrons. The molecule has 24 heavy (non-hydrogen) atoms. The van der Waals surface area contributed by atoms with Crippen LogP contribution < -0.4 is 4.90 Å². The van der Waals surface area contributed by atoms with E-state index < -0.39 is 0 Å². The van der Waals surface area contributed by atoms with Crippen LogP contribution in [0.25, 0.3) is 5.57 Å². The fourth-order valence-electron chi connectivity index (χ4n) is 3.64. The van der Waals surface area contributed by atoms with Crippen LogP contribution in [0.3, 0.4) is 0 Å². The first-order valence-electron chi connectivity index (χ1n) is 8.94. The third-order valence-corrected chi connectivity index (χ3v) is 4.91. The Labute approximate surface area is 144 Å². The molecule has 4 nitrogen and oxygen atoms in total. The van der Waals surface area contributed by atoms with E-state index >= 15 is 0 Å². The smallest absolute Gasteiger partial charge is 0.124 e. The van der Waals surface area contributed by atoms with Crippen LogP contribution >= 0.6 is 0 Å². The third-order valence-electron chi connectivity index (χ3n) is 4.91. The molecule has 0 saturated carbocycles. The molecular formula is C20H27N3O. The predicted molar refractivity (Wildman–Crippen MR) is 98.0 cm³/mol. The van der Waals surface area contributed by atoms with Crippen molar-refractivity contribution in [2.45, 2.75) is 52.7 Å². The van der Waals surface area contributed by atoms with Gasteiger partial charge in [0.1, 0.15) is 11.9 Å². The molecule has 0 amide bonds. The monoisotopic (exact) mass is 325 g/mol. The van der Waals surface area contributed by atoms with Crippen molar-refractivity contribution in [1.29, 1.82) is 5.26 Å². The average molecular weight is 325 g/mol. The Morgan fingerprint density at radius 3 is 2.62 bits per heavy atom. The quantitative estimate of drug-likeness (QED) is 0.903. The summed E-state index contributed by atoms with van der Waals surface area (Å²) in [5.41, 5.74) is 4.06. The minimum atomic E-state index is 0.123. The van der Waals surface area contributed by atoms with Crippen LogP contribution in [-0.4, -0.2) is 30.3 Å². The minimum Gasteiger partial charge on any atom is -0.371 e. The Bertz CT molecular complexity index is 699. The lowest BCUT2D eigenvalue weighted by molar-refractivity contribution is 0.0165. The maximum absolute atomic E-state index is 9.61. The van der Waals surface area contributed by atoms with Gasteiger partial charge in [-0.05, 0) is 44.7 Å². The number of anilines is 1. The van der Waals surface area contributed by atoms with Gasteiger partial charge in [-0.3, -0.25) is 0 Å². The summed E-state index contributed by atoms with van der Waals surface area (Å²) in [5.74, 6) is 1.31. The SMILES string of the molecule is Cc1c(C2=CC(C)C(OC(C)C)C=C2)[nH]c(N2CCCC2)c1C#N. The van der Waals surface area contributed by atoms with Gasteiger partial charge in [0.05, 0.1) is 23.5 Å². The Morgan fingerprint density at radius 2 is 2.04 bits per heavy atom. The molecule has 3 rings (SSSR count). The maximum atomic E-state index is 9.61. The van der Waals surface area contributed by atoms with Gasteiger partial charge >= 0.3 is 0 Å². The van der Waals surface area contributed by atoms with Gasteiger partial charge in [0, 0.05) is 19.0 Å². The van der Waals surface area contributed by atoms with Crippen LogP contribution in [0.15, 0.2) is 18.2 Å². The van der Waals surface area contributed by atoms with Gasteiger partial charge in [-0.2, -0.15) is 5.26 Å². The molecule has 1 N–H and O–H groups in total. The molecule has 0 bridgehead atoms. The zero-order valence-electron chi connectivity index (χ0n) is 15.1. The summed E-state index contributed by atoms with van der Waals surface area (Å²) in [6.07, 6.45) is 9.26. The Balaban J connectivity index is 1.90. The molecule has 1 saturated heterocycles. The van der Waals surface area contributed by atoms with E-state index in [1.807, 2.05) is 6.92 Å². The number of rotatable bonds is 4. The molecule has 1 aliphatic heterocycles. The molecule has 0 aromatic carbocycles. The largest absolute Gasteiger partial charge is 0.371 e. The second kappa shape index (κ2) is 6.86. The number of aromatic amines is 1. The van der Waals surface area contributed by atoms with E-state index in [4.69, 9.17) is 4.74 Å². The molecule has 2 aliphatic rings. The number of ether oxygens (including phenoxy) is 1. The molecule has 0 radical (unpaired) electrons. The molecule has 1 fully saturated rings. The zero-order valence-corrected chi connectivity index (χ0v) is 15.1. The summed E-state index contributed by atoms with van der Waals surface area (Å²) in [5, 5.41) is 9.61. The van der Waals surface area contributed by atoms with Gasteiger partial charge in [-0.1, -0.05) is 25.2 Å².